The number of thiol groups is 1. The maximum Gasteiger partial charge on any atom is 0.239 e. The number of anilines is 1. The number of methoxy groups -OCH3 is 1. The van der Waals surface area contributed by atoms with E-state index in [1.807, 2.05) is 24.3 Å². The summed E-state index contributed by atoms with van der Waals surface area (Å²) in [6.07, 6.45) is 0. The van der Waals surface area contributed by atoms with Gasteiger partial charge in [0, 0.05) is 12.7 Å². The van der Waals surface area contributed by atoms with Crippen LogP contribution < -0.4 is 9.64 Å². The molecule has 0 N–H and O–H groups in total. The number of hydrogen-bond acceptors (Lipinski definition) is 3. The molecule has 82 valence electrons. The Bertz CT molecular complexity index is 335. The second kappa shape index (κ2) is 5.07. The molecule has 0 fully saturated rings. The van der Waals surface area contributed by atoms with Crippen molar-refractivity contribution in [3.63, 3.8) is 0 Å². The molecule has 0 radical (unpaired) electrons. The van der Waals surface area contributed by atoms with Crippen molar-refractivity contribution in [3.8, 4) is 5.75 Å². The first-order valence-electron chi connectivity index (χ1n) is 4.66. The Hall–Kier alpha value is -1.16. The Morgan fingerprint density at radius 1 is 1.40 bits per heavy atom. The first-order valence-corrected chi connectivity index (χ1v) is 5.17. The van der Waals surface area contributed by atoms with Crippen molar-refractivity contribution in [1.29, 1.82) is 0 Å². The highest BCUT2D eigenvalue weighted by molar-refractivity contribution is 7.81. The molecular weight excluding hydrogens is 210 g/mol. The molecular formula is C11H15NO2S. The van der Waals surface area contributed by atoms with E-state index in [2.05, 4.69) is 12.6 Å². The summed E-state index contributed by atoms with van der Waals surface area (Å²) in [5, 5.41) is -0.294. The van der Waals surface area contributed by atoms with Crippen LogP contribution in [-0.2, 0) is 4.79 Å². The third-order valence-electron chi connectivity index (χ3n) is 2.15. The molecule has 4 heteroatoms. The third-order valence-corrected chi connectivity index (χ3v) is 2.37. The minimum atomic E-state index is -0.294. The Balaban J connectivity index is 2.82. The van der Waals surface area contributed by atoms with Crippen LogP contribution in [0.5, 0.6) is 5.75 Å². The maximum atomic E-state index is 11.6. The summed E-state index contributed by atoms with van der Waals surface area (Å²) in [5.41, 5.74) is 0.835. The van der Waals surface area contributed by atoms with Gasteiger partial charge in [-0.1, -0.05) is 0 Å². The first kappa shape index (κ1) is 11.9. The molecule has 0 aromatic heterocycles. The van der Waals surface area contributed by atoms with Crippen LogP contribution in [-0.4, -0.2) is 25.3 Å². The van der Waals surface area contributed by atoms with Gasteiger partial charge in [0.2, 0.25) is 5.91 Å². The van der Waals surface area contributed by atoms with Gasteiger partial charge in [0.1, 0.15) is 5.75 Å². The minimum absolute atomic E-state index is 0.0245. The quantitative estimate of drug-likeness (QED) is 0.797. The molecule has 0 heterocycles. The second-order valence-corrected chi connectivity index (χ2v) is 4.05. The molecule has 0 saturated heterocycles. The number of benzene rings is 1. The van der Waals surface area contributed by atoms with Gasteiger partial charge in [-0.3, -0.25) is 4.79 Å². The predicted octanol–water partition coefficient (Wildman–Crippen LogP) is 1.98. The third kappa shape index (κ3) is 2.89. The zero-order valence-electron chi connectivity index (χ0n) is 9.10. The zero-order valence-corrected chi connectivity index (χ0v) is 9.99. The van der Waals surface area contributed by atoms with Crippen molar-refractivity contribution >= 4 is 24.2 Å². The molecule has 15 heavy (non-hydrogen) atoms. The molecule has 3 nitrogen and oxygen atoms in total. The lowest BCUT2D eigenvalue weighted by Gasteiger charge is -2.19. The average Bonchev–Trinajstić information content (AvgIpc) is 2.27. The molecule has 0 spiro atoms. The summed E-state index contributed by atoms with van der Waals surface area (Å²) in [5.74, 6) is 0.752. The predicted molar refractivity (Wildman–Crippen MR) is 64.9 cm³/mol. The first-order chi connectivity index (χ1) is 7.06. The molecule has 1 aromatic carbocycles. The van der Waals surface area contributed by atoms with E-state index >= 15 is 0 Å². The summed E-state index contributed by atoms with van der Waals surface area (Å²) in [7, 11) is 3.34. The number of amides is 1. The van der Waals surface area contributed by atoms with Crippen LogP contribution >= 0.6 is 12.6 Å². The highest BCUT2D eigenvalue weighted by Gasteiger charge is 2.14. The van der Waals surface area contributed by atoms with E-state index in [1.54, 1.807) is 26.0 Å². The molecule has 1 amide bonds. The van der Waals surface area contributed by atoms with E-state index in [0.29, 0.717) is 0 Å². The van der Waals surface area contributed by atoms with Crippen LogP contribution in [0.1, 0.15) is 6.92 Å². The molecule has 1 rings (SSSR count). The summed E-state index contributed by atoms with van der Waals surface area (Å²) in [6.45, 7) is 1.76. The number of carbonyl (C=O) groups is 1. The lowest BCUT2D eigenvalue weighted by Crippen LogP contribution is -2.31. The van der Waals surface area contributed by atoms with Crippen LogP contribution in [0.2, 0.25) is 0 Å². The van der Waals surface area contributed by atoms with Crippen LogP contribution in [0.25, 0.3) is 0 Å². The standard InChI is InChI=1S/C11H15NO2S/c1-8(15)11(13)12(2)9-4-6-10(14-3)7-5-9/h4-8,15H,1-3H3. The lowest BCUT2D eigenvalue weighted by atomic mass is 10.2. The Kier molecular flexibility index (Phi) is 4.03. The van der Waals surface area contributed by atoms with Gasteiger partial charge in [0.25, 0.3) is 0 Å². The number of nitrogens with zero attached hydrogens (tertiary/aromatic N) is 1. The second-order valence-electron chi connectivity index (χ2n) is 3.27. The van der Waals surface area contributed by atoms with Crippen molar-refractivity contribution in [3.05, 3.63) is 24.3 Å². The smallest absolute Gasteiger partial charge is 0.239 e. The van der Waals surface area contributed by atoms with E-state index in [4.69, 9.17) is 4.74 Å². The van der Waals surface area contributed by atoms with Crippen molar-refractivity contribution in [2.45, 2.75) is 12.2 Å². The van der Waals surface area contributed by atoms with Crippen LogP contribution in [0.4, 0.5) is 5.69 Å². The van der Waals surface area contributed by atoms with Crippen LogP contribution in [0.15, 0.2) is 24.3 Å². The van der Waals surface area contributed by atoms with Gasteiger partial charge in [-0.15, -0.1) is 0 Å². The van der Waals surface area contributed by atoms with E-state index in [0.717, 1.165) is 11.4 Å². The summed E-state index contributed by atoms with van der Waals surface area (Å²) >= 11 is 4.11. The highest BCUT2D eigenvalue weighted by Crippen LogP contribution is 2.19. The number of hydrogen-bond donors (Lipinski definition) is 1. The molecule has 0 saturated carbocycles. The Morgan fingerprint density at radius 2 is 1.93 bits per heavy atom. The van der Waals surface area contributed by atoms with Crippen molar-refractivity contribution in [1.82, 2.24) is 0 Å². The van der Waals surface area contributed by atoms with Crippen molar-refractivity contribution in [2.75, 3.05) is 19.1 Å². The molecule has 0 aliphatic carbocycles. The van der Waals surface area contributed by atoms with E-state index < -0.39 is 0 Å². The maximum absolute atomic E-state index is 11.6. The van der Waals surface area contributed by atoms with Gasteiger partial charge in [0.15, 0.2) is 0 Å². The minimum Gasteiger partial charge on any atom is -0.497 e. The van der Waals surface area contributed by atoms with Gasteiger partial charge in [-0.2, -0.15) is 12.6 Å². The molecule has 1 atom stereocenters. The normalized spacial score (nSPS) is 12.0. The zero-order chi connectivity index (χ0) is 11.4. The number of rotatable bonds is 3. The molecule has 0 aliphatic rings. The van der Waals surface area contributed by atoms with Gasteiger partial charge in [0.05, 0.1) is 12.4 Å². The largest absolute Gasteiger partial charge is 0.497 e. The topological polar surface area (TPSA) is 29.5 Å². The average molecular weight is 225 g/mol. The lowest BCUT2D eigenvalue weighted by molar-refractivity contribution is -0.117. The van der Waals surface area contributed by atoms with Crippen molar-refractivity contribution in [2.24, 2.45) is 0 Å². The van der Waals surface area contributed by atoms with Crippen molar-refractivity contribution < 1.29 is 9.53 Å². The van der Waals surface area contributed by atoms with Gasteiger partial charge in [-0.05, 0) is 31.2 Å². The summed E-state index contributed by atoms with van der Waals surface area (Å²) in [4.78, 5) is 13.2. The van der Waals surface area contributed by atoms with Gasteiger partial charge >= 0.3 is 0 Å². The monoisotopic (exact) mass is 225 g/mol. The van der Waals surface area contributed by atoms with E-state index in [9.17, 15) is 4.79 Å². The van der Waals surface area contributed by atoms with E-state index in [1.165, 1.54) is 0 Å². The van der Waals surface area contributed by atoms with Crippen LogP contribution in [0.3, 0.4) is 0 Å². The van der Waals surface area contributed by atoms with Crippen LogP contribution in [0, 0.1) is 0 Å². The summed E-state index contributed by atoms with van der Waals surface area (Å²) < 4.78 is 5.04. The fraction of sp³-hybridized carbons (Fsp3) is 0.364. The number of carbonyl (C=O) groups excluding carboxylic acids is 1. The Morgan fingerprint density at radius 3 is 2.33 bits per heavy atom. The number of ether oxygens (including phenoxy) is 1. The van der Waals surface area contributed by atoms with Gasteiger partial charge < -0.3 is 9.64 Å². The highest BCUT2D eigenvalue weighted by atomic mass is 32.1. The fourth-order valence-electron chi connectivity index (χ4n) is 1.21. The Labute approximate surface area is 95.4 Å². The van der Waals surface area contributed by atoms with Gasteiger partial charge in [-0.25, -0.2) is 0 Å². The SMILES string of the molecule is COc1ccc(N(C)C(=O)C(C)S)cc1. The summed E-state index contributed by atoms with van der Waals surface area (Å²) in [6, 6.07) is 7.32. The molecule has 0 bridgehead atoms. The molecule has 1 unspecified atom stereocenters. The molecule has 1 aromatic rings. The fourth-order valence-corrected chi connectivity index (χ4v) is 1.39. The van der Waals surface area contributed by atoms with E-state index in [-0.39, 0.29) is 11.2 Å². The molecule has 0 aliphatic heterocycles.